The quantitative estimate of drug-likeness (QED) is 0.211. The first-order chi connectivity index (χ1) is 18.0. The molecule has 0 radical (unpaired) electrons. The van der Waals surface area contributed by atoms with Crippen LogP contribution in [-0.2, 0) is 15.3 Å². The van der Waals surface area contributed by atoms with Gasteiger partial charge in [0.2, 0.25) is 5.82 Å². The first-order valence-electron chi connectivity index (χ1n) is 11.8. The number of hydrogen-bond acceptors (Lipinski definition) is 9. The Labute approximate surface area is 226 Å². The molecule has 0 aliphatic carbocycles. The molecule has 1 aromatic carbocycles. The Balaban J connectivity index is 1.27. The van der Waals surface area contributed by atoms with Gasteiger partial charge in [0.15, 0.2) is 10.9 Å². The topological polar surface area (TPSA) is 103 Å². The SMILES string of the molecule is CCOC(=O)C1CCN(C(=O)c2csc(CSc3nnc(-c4ccco4)n3-c3cccc(Cl)c3)n2)CC1. The normalized spacial score (nSPS) is 14.2. The Kier molecular flexibility index (Phi) is 7.92. The molecule has 12 heteroatoms. The van der Waals surface area contributed by atoms with Crippen LogP contribution >= 0.6 is 34.7 Å². The lowest BCUT2D eigenvalue weighted by Crippen LogP contribution is -2.40. The summed E-state index contributed by atoms with van der Waals surface area (Å²) in [7, 11) is 0. The van der Waals surface area contributed by atoms with Gasteiger partial charge in [0.1, 0.15) is 10.7 Å². The summed E-state index contributed by atoms with van der Waals surface area (Å²) in [6.45, 7) is 3.20. The van der Waals surface area contributed by atoms with E-state index in [1.807, 2.05) is 34.9 Å². The van der Waals surface area contributed by atoms with Crippen molar-refractivity contribution < 1.29 is 18.7 Å². The first-order valence-corrected chi connectivity index (χ1v) is 14.1. The number of benzene rings is 1. The van der Waals surface area contributed by atoms with Crippen molar-refractivity contribution in [1.82, 2.24) is 24.6 Å². The molecule has 1 aliphatic rings. The van der Waals surface area contributed by atoms with Crippen LogP contribution in [0.25, 0.3) is 17.3 Å². The molecule has 1 saturated heterocycles. The molecule has 3 aromatic heterocycles. The second kappa shape index (κ2) is 11.5. The molecule has 0 bridgehead atoms. The fraction of sp³-hybridized carbons (Fsp3) is 0.320. The Morgan fingerprint density at radius 1 is 1.22 bits per heavy atom. The summed E-state index contributed by atoms with van der Waals surface area (Å²) in [5, 5.41) is 12.6. The number of halogens is 1. The van der Waals surface area contributed by atoms with Gasteiger partial charge in [0, 0.05) is 23.5 Å². The lowest BCUT2D eigenvalue weighted by atomic mass is 9.97. The summed E-state index contributed by atoms with van der Waals surface area (Å²) < 4.78 is 12.6. The van der Waals surface area contributed by atoms with Crippen LogP contribution in [0.15, 0.2) is 57.6 Å². The molecule has 0 N–H and O–H groups in total. The number of rotatable bonds is 8. The molecule has 1 amide bonds. The number of thioether (sulfide) groups is 1. The zero-order valence-electron chi connectivity index (χ0n) is 20.0. The van der Waals surface area contributed by atoms with Crippen molar-refractivity contribution in [3.05, 3.63) is 63.8 Å². The van der Waals surface area contributed by atoms with E-state index in [0.717, 1.165) is 10.7 Å². The average molecular weight is 558 g/mol. The number of likely N-dealkylation sites (tertiary alicyclic amines) is 1. The van der Waals surface area contributed by atoms with Gasteiger partial charge < -0.3 is 14.1 Å². The zero-order valence-corrected chi connectivity index (χ0v) is 22.4. The smallest absolute Gasteiger partial charge is 0.309 e. The molecular formula is C25H24ClN5O4S2. The van der Waals surface area contributed by atoms with Crippen LogP contribution in [0.4, 0.5) is 0 Å². The van der Waals surface area contributed by atoms with Crippen LogP contribution in [0.1, 0.15) is 35.3 Å². The summed E-state index contributed by atoms with van der Waals surface area (Å²) in [4.78, 5) is 31.3. The van der Waals surface area contributed by atoms with Crippen molar-refractivity contribution in [2.24, 2.45) is 5.92 Å². The highest BCUT2D eigenvalue weighted by Gasteiger charge is 2.29. The first kappa shape index (κ1) is 25.5. The highest BCUT2D eigenvalue weighted by atomic mass is 35.5. The predicted molar refractivity (Wildman–Crippen MR) is 141 cm³/mol. The van der Waals surface area contributed by atoms with E-state index in [9.17, 15) is 9.59 Å². The van der Waals surface area contributed by atoms with E-state index in [-0.39, 0.29) is 17.8 Å². The number of piperidine rings is 1. The van der Waals surface area contributed by atoms with E-state index < -0.39 is 0 Å². The number of carbonyl (C=O) groups excluding carboxylic acids is 2. The number of aromatic nitrogens is 4. The summed E-state index contributed by atoms with van der Waals surface area (Å²) in [5.41, 5.74) is 1.23. The van der Waals surface area contributed by atoms with E-state index >= 15 is 0 Å². The van der Waals surface area contributed by atoms with E-state index in [4.69, 9.17) is 20.8 Å². The molecule has 0 unspecified atom stereocenters. The van der Waals surface area contributed by atoms with Gasteiger partial charge in [-0.05, 0) is 50.1 Å². The van der Waals surface area contributed by atoms with Crippen molar-refractivity contribution >= 4 is 46.6 Å². The average Bonchev–Trinajstić information content (AvgIpc) is 3.68. The van der Waals surface area contributed by atoms with Crippen molar-refractivity contribution in [2.75, 3.05) is 19.7 Å². The summed E-state index contributed by atoms with van der Waals surface area (Å²) in [5.74, 6) is 1.23. The molecule has 0 spiro atoms. The van der Waals surface area contributed by atoms with Crippen LogP contribution in [0.3, 0.4) is 0 Å². The van der Waals surface area contributed by atoms with Gasteiger partial charge in [0.25, 0.3) is 5.91 Å². The number of nitrogens with zero attached hydrogens (tertiary/aromatic N) is 5. The maximum Gasteiger partial charge on any atom is 0.309 e. The van der Waals surface area contributed by atoms with Gasteiger partial charge in [-0.1, -0.05) is 29.4 Å². The van der Waals surface area contributed by atoms with E-state index in [0.29, 0.717) is 65.7 Å². The van der Waals surface area contributed by atoms with Crippen LogP contribution in [0.2, 0.25) is 5.02 Å². The Morgan fingerprint density at radius 3 is 2.78 bits per heavy atom. The molecule has 37 heavy (non-hydrogen) atoms. The maximum atomic E-state index is 13.0. The Bertz CT molecular complexity index is 1380. The molecular weight excluding hydrogens is 534 g/mol. The van der Waals surface area contributed by atoms with Crippen molar-refractivity contribution in [2.45, 2.75) is 30.7 Å². The predicted octanol–water partition coefficient (Wildman–Crippen LogP) is 5.34. The maximum absolute atomic E-state index is 13.0. The second-order valence-corrected chi connectivity index (χ2v) is 10.7. The minimum atomic E-state index is -0.177. The number of amides is 1. The molecule has 5 rings (SSSR count). The summed E-state index contributed by atoms with van der Waals surface area (Å²) in [6, 6.07) is 11.1. The van der Waals surface area contributed by atoms with Crippen molar-refractivity contribution in [3.8, 4) is 17.3 Å². The van der Waals surface area contributed by atoms with Crippen molar-refractivity contribution in [1.29, 1.82) is 0 Å². The number of esters is 1. The zero-order chi connectivity index (χ0) is 25.8. The molecule has 1 fully saturated rings. The lowest BCUT2D eigenvalue weighted by molar-refractivity contribution is -0.149. The highest BCUT2D eigenvalue weighted by molar-refractivity contribution is 7.98. The molecule has 9 nitrogen and oxygen atoms in total. The Hall–Kier alpha value is -3.15. The van der Waals surface area contributed by atoms with Gasteiger partial charge in [-0.25, -0.2) is 4.98 Å². The van der Waals surface area contributed by atoms with E-state index in [1.165, 1.54) is 23.1 Å². The van der Waals surface area contributed by atoms with Crippen LogP contribution in [0, 0.1) is 5.92 Å². The standard InChI is InChI=1S/C25H24ClN5O4S2/c1-2-34-24(33)16-8-10-30(11-9-16)23(32)19-14-36-21(27-19)15-37-25-29-28-22(20-7-4-12-35-20)31(25)18-6-3-5-17(26)13-18/h3-7,12-14,16H,2,8-11,15H2,1H3. The number of thiazole rings is 1. The van der Waals surface area contributed by atoms with Gasteiger partial charge in [-0.3, -0.25) is 14.2 Å². The fourth-order valence-electron chi connectivity index (χ4n) is 4.12. The van der Waals surface area contributed by atoms with Gasteiger partial charge >= 0.3 is 5.97 Å². The molecule has 1 aliphatic heterocycles. The van der Waals surface area contributed by atoms with Crippen LogP contribution in [-0.4, -0.2) is 56.2 Å². The van der Waals surface area contributed by atoms with E-state index in [1.54, 1.807) is 29.5 Å². The number of hydrogen-bond donors (Lipinski definition) is 0. The molecule has 0 saturated carbocycles. The highest BCUT2D eigenvalue weighted by Crippen LogP contribution is 2.31. The van der Waals surface area contributed by atoms with Crippen molar-refractivity contribution in [3.63, 3.8) is 0 Å². The number of carbonyl (C=O) groups is 2. The number of furan rings is 1. The summed E-state index contributed by atoms with van der Waals surface area (Å²) >= 11 is 9.14. The minimum absolute atomic E-state index is 0.114. The number of ether oxygens (including phenoxy) is 1. The van der Waals surface area contributed by atoms with Gasteiger partial charge in [-0.15, -0.1) is 21.5 Å². The third kappa shape index (κ3) is 5.73. The Morgan fingerprint density at radius 2 is 2.05 bits per heavy atom. The third-order valence-corrected chi connectivity index (χ3v) is 8.15. The third-order valence-electron chi connectivity index (χ3n) is 5.94. The fourth-order valence-corrected chi connectivity index (χ4v) is 6.04. The second-order valence-electron chi connectivity index (χ2n) is 8.33. The van der Waals surface area contributed by atoms with Gasteiger partial charge in [0.05, 0.1) is 30.2 Å². The summed E-state index contributed by atoms with van der Waals surface area (Å²) in [6.07, 6.45) is 2.80. The molecule has 4 heterocycles. The van der Waals surface area contributed by atoms with E-state index in [2.05, 4.69) is 15.2 Å². The molecule has 192 valence electrons. The lowest BCUT2D eigenvalue weighted by Gasteiger charge is -2.30. The minimum Gasteiger partial charge on any atom is -0.466 e. The molecule has 0 atom stereocenters. The molecule has 4 aromatic rings. The monoisotopic (exact) mass is 557 g/mol. The largest absolute Gasteiger partial charge is 0.466 e. The van der Waals surface area contributed by atoms with Crippen LogP contribution in [0.5, 0.6) is 0 Å². The van der Waals surface area contributed by atoms with Crippen LogP contribution < -0.4 is 0 Å². The van der Waals surface area contributed by atoms with Gasteiger partial charge in [-0.2, -0.15) is 0 Å².